The summed E-state index contributed by atoms with van der Waals surface area (Å²) in [5.41, 5.74) is 1.42. The summed E-state index contributed by atoms with van der Waals surface area (Å²) < 4.78 is 2.64. The Hall–Kier alpha value is -1.72. The van der Waals surface area contributed by atoms with Gasteiger partial charge >= 0.3 is 0 Å². The van der Waals surface area contributed by atoms with Gasteiger partial charge in [-0.1, -0.05) is 0 Å². The van der Waals surface area contributed by atoms with Gasteiger partial charge in [-0.3, -0.25) is 4.79 Å². The number of hydrogen-bond acceptors (Lipinski definition) is 5. The second-order valence-electron chi connectivity index (χ2n) is 9.90. The van der Waals surface area contributed by atoms with Crippen LogP contribution in [0.2, 0.25) is 0 Å². The first-order valence-electron chi connectivity index (χ1n) is 10.9. The first-order chi connectivity index (χ1) is 14.5. The minimum Gasteiger partial charge on any atom is -0.316 e. The van der Waals surface area contributed by atoms with E-state index < -0.39 is 0 Å². The Kier molecular flexibility index (Phi) is 4.20. The smallest absolute Gasteiger partial charge is 0.231 e. The number of carbonyl (C=O) groups is 1. The number of nitrogens with zero attached hydrogens (tertiary/aromatic N) is 4. The van der Waals surface area contributed by atoms with Gasteiger partial charge in [0, 0.05) is 4.88 Å². The van der Waals surface area contributed by atoms with Gasteiger partial charge in [-0.05, 0) is 97.5 Å². The summed E-state index contributed by atoms with van der Waals surface area (Å²) in [5.74, 6) is 1.24. The lowest BCUT2D eigenvalue weighted by Crippen LogP contribution is -2.60. The van der Waals surface area contributed by atoms with Crippen molar-refractivity contribution in [2.24, 2.45) is 17.3 Å². The second kappa shape index (κ2) is 6.64. The van der Waals surface area contributed by atoms with Crippen molar-refractivity contribution in [3.05, 3.63) is 27.1 Å². The lowest BCUT2D eigenvalue weighted by atomic mass is 9.46. The second-order valence-corrected chi connectivity index (χ2v) is 11.7. The van der Waals surface area contributed by atoms with E-state index in [1.165, 1.54) is 23.3 Å². The number of aryl methyl sites for hydroxylation is 1. The molecule has 4 bridgehead atoms. The van der Waals surface area contributed by atoms with E-state index in [-0.39, 0.29) is 16.9 Å². The van der Waals surface area contributed by atoms with Crippen LogP contribution in [0.1, 0.15) is 67.4 Å². The normalized spacial score (nSPS) is 33.9. The highest BCUT2D eigenvalue weighted by molar-refractivity contribution is 9.10. The number of halogens is 1. The maximum Gasteiger partial charge on any atom is 0.231 e. The number of nitriles is 1. The molecule has 156 valence electrons. The van der Waals surface area contributed by atoms with Crippen molar-refractivity contribution < 1.29 is 4.79 Å². The fourth-order valence-electron chi connectivity index (χ4n) is 7.23. The Balaban J connectivity index is 1.33. The van der Waals surface area contributed by atoms with E-state index in [0.717, 1.165) is 56.4 Å². The van der Waals surface area contributed by atoms with Gasteiger partial charge in [0.05, 0.1) is 16.5 Å². The topological polar surface area (TPSA) is 83.6 Å². The van der Waals surface area contributed by atoms with Crippen LogP contribution in [-0.2, 0) is 23.2 Å². The third-order valence-corrected chi connectivity index (χ3v) is 9.54. The fourth-order valence-corrected chi connectivity index (χ4v) is 8.72. The molecule has 7 rings (SSSR count). The number of amides is 1. The number of fused-ring (bicyclic) bond motifs is 1. The minimum absolute atomic E-state index is 0.104. The summed E-state index contributed by atoms with van der Waals surface area (Å²) in [4.78, 5) is 19.4. The van der Waals surface area contributed by atoms with E-state index in [1.54, 1.807) is 11.3 Å². The number of rotatable bonds is 3. The molecule has 1 amide bonds. The zero-order valence-electron chi connectivity index (χ0n) is 16.8. The van der Waals surface area contributed by atoms with E-state index >= 15 is 0 Å². The van der Waals surface area contributed by atoms with Gasteiger partial charge in [-0.15, -0.1) is 16.4 Å². The molecule has 5 aliphatic rings. The van der Waals surface area contributed by atoms with Crippen LogP contribution >= 0.6 is 27.3 Å². The van der Waals surface area contributed by atoms with E-state index in [4.69, 9.17) is 0 Å². The molecule has 0 radical (unpaired) electrons. The Labute approximate surface area is 188 Å². The molecule has 2 aromatic rings. The van der Waals surface area contributed by atoms with E-state index in [2.05, 4.69) is 37.4 Å². The molecule has 0 spiro atoms. The molecule has 4 fully saturated rings. The van der Waals surface area contributed by atoms with Crippen LogP contribution in [0.25, 0.3) is 0 Å². The van der Waals surface area contributed by atoms with Crippen LogP contribution in [0.3, 0.4) is 0 Å². The number of thiophene rings is 1. The van der Waals surface area contributed by atoms with Crippen LogP contribution in [0.5, 0.6) is 0 Å². The average molecular weight is 486 g/mol. The molecule has 8 heteroatoms. The zero-order valence-corrected chi connectivity index (χ0v) is 19.2. The van der Waals surface area contributed by atoms with Crippen molar-refractivity contribution in [3.8, 4) is 6.07 Å². The molecule has 2 atom stereocenters. The summed E-state index contributed by atoms with van der Waals surface area (Å²) in [6.45, 7) is 0. The summed E-state index contributed by atoms with van der Waals surface area (Å²) in [7, 11) is 0. The van der Waals surface area contributed by atoms with Crippen LogP contribution < -0.4 is 5.32 Å². The molecule has 0 aromatic carbocycles. The minimum atomic E-state index is -0.361. The molecule has 2 aromatic heterocycles. The molecule has 6 nitrogen and oxygen atoms in total. The van der Waals surface area contributed by atoms with E-state index in [1.807, 2.05) is 11.0 Å². The highest BCUT2D eigenvalue weighted by atomic mass is 79.9. The monoisotopic (exact) mass is 485 g/mol. The first kappa shape index (κ1) is 19.0. The van der Waals surface area contributed by atoms with Gasteiger partial charge in [0.15, 0.2) is 0 Å². The Morgan fingerprint density at radius 1 is 1.27 bits per heavy atom. The largest absolute Gasteiger partial charge is 0.316 e. The SMILES string of the molecule is N#Cc1c(NC(=O)C23C[C@H]4C[C@H](C2)CC(n2cnc(Br)n2)(C4)C3)sc2c1CCCC2. The van der Waals surface area contributed by atoms with Gasteiger partial charge in [0.25, 0.3) is 0 Å². The number of anilines is 1. The molecule has 0 aliphatic heterocycles. The highest BCUT2D eigenvalue weighted by Gasteiger charge is 2.61. The van der Waals surface area contributed by atoms with Gasteiger partial charge in [0.1, 0.15) is 17.4 Å². The maximum atomic E-state index is 13.8. The molecular formula is C22H24BrN5OS. The first-order valence-corrected chi connectivity index (χ1v) is 12.5. The molecule has 2 heterocycles. The molecular weight excluding hydrogens is 462 g/mol. The molecule has 0 unspecified atom stereocenters. The van der Waals surface area contributed by atoms with E-state index in [0.29, 0.717) is 22.1 Å². The third kappa shape index (κ3) is 2.74. The molecule has 30 heavy (non-hydrogen) atoms. The molecule has 5 aliphatic carbocycles. The summed E-state index contributed by atoms with van der Waals surface area (Å²) in [5, 5.41) is 18.4. The van der Waals surface area contributed by atoms with Gasteiger partial charge < -0.3 is 5.32 Å². The predicted molar refractivity (Wildman–Crippen MR) is 117 cm³/mol. The predicted octanol–water partition coefficient (Wildman–Crippen LogP) is 4.79. The standard InChI is InChI=1S/C22H24BrN5OS/c23-20-25-12-28(27-20)22-8-13-5-14(9-22)7-21(6-13,11-22)19(29)26-18-16(10-24)15-3-1-2-4-17(15)30-18/h12-14H,1-9,11H2,(H,26,29)/t13-,14-,21?,22?/m1/s1. The van der Waals surface area contributed by atoms with Crippen LogP contribution in [0.4, 0.5) is 5.00 Å². The van der Waals surface area contributed by atoms with Crippen molar-refractivity contribution in [3.63, 3.8) is 0 Å². The van der Waals surface area contributed by atoms with Crippen molar-refractivity contribution in [1.29, 1.82) is 5.26 Å². The van der Waals surface area contributed by atoms with Crippen LogP contribution in [0.15, 0.2) is 11.1 Å². The summed E-state index contributed by atoms with van der Waals surface area (Å²) in [6, 6.07) is 2.39. The van der Waals surface area contributed by atoms with Crippen molar-refractivity contribution in [1.82, 2.24) is 14.8 Å². The lowest BCUT2D eigenvalue weighted by Gasteiger charge is -2.60. The highest BCUT2D eigenvalue weighted by Crippen LogP contribution is 2.64. The lowest BCUT2D eigenvalue weighted by molar-refractivity contribution is -0.150. The molecule has 1 N–H and O–H groups in total. The summed E-state index contributed by atoms with van der Waals surface area (Å²) >= 11 is 5.02. The number of nitrogens with one attached hydrogen (secondary N) is 1. The van der Waals surface area contributed by atoms with Gasteiger partial charge in [0.2, 0.25) is 10.6 Å². The number of carbonyl (C=O) groups excluding carboxylic acids is 1. The van der Waals surface area contributed by atoms with Crippen LogP contribution in [0, 0.1) is 28.6 Å². The number of aromatic nitrogens is 3. The Bertz CT molecular complexity index is 1070. The van der Waals surface area contributed by atoms with Gasteiger partial charge in [-0.2, -0.15) is 5.26 Å². The van der Waals surface area contributed by atoms with Crippen molar-refractivity contribution in [2.45, 2.75) is 69.7 Å². The Morgan fingerprint density at radius 2 is 2.03 bits per heavy atom. The third-order valence-electron chi connectivity index (χ3n) is 7.97. The number of hydrogen-bond donors (Lipinski definition) is 1. The fraction of sp³-hybridized carbons (Fsp3) is 0.636. The molecule has 4 saturated carbocycles. The maximum absolute atomic E-state index is 13.8. The van der Waals surface area contributed by atoms with E-state index in [9.17, 15) is 10.1 Å². The van der Waals surface area contributed by atoms with Crippen LogP contribution in [-0.4, -0.2) is 20.7 Å². The van der Waals surface area contributed by atoms with Crippen molar-refractivity contribution in [2.75, 3.05) is 5.32 Å². The average Bonchev–Trinajstić information content (AvgIpc) is 3.30. The Morgan fingerprint density at radius 3 is 2.73 bits per heavy atom. The quantitative estimate of drug-likeness (QED) is 0.677. The zero-order chi connectivity index (χ0) is 20.5. The summed E-state index contributed by atoms with van der Waals surface area (Å²) in [6.07, 6.45) is 12.3. The van der Waals surface area contributed by atoms with Gasteiger partial charge in [-0.25, -0.2) is 9.67 Å². The molecule has 0 saturated heterocycles. The van der Waals surface area contributed by atoms with Crippen molar-refractivity contribution >= 4 is 38.2 Å².